The van der Waals surface area contributed by atoms with Gasteiger partial charge in [0, 0.05) is 57.7 Å². The van der Waals surface area contributed by atoms with Crippen LogP contribution in [0.5, 0.6) is 0 Å². The Bertz CT molecular complexity index is 3960. The molecular formula is C88H113N2O5+. The lowest BCUT2D eigenvalue weighted by Crippen LogP contribution is -2.28. The number of esters is 1. The van der Waals surface area contributed by atoms with Crippen LogP contribution in [0.4, 0.5) is 17.1 Å². The van der Waals surface area contributed by atoms with Gasteiger partial charge in [-0.25, -0.2) is 9.21 Å². The fourth-order valence-electron chi connectivity index (χ4n) is 16.2. The van der Waals surface area contributed by atoms with Crippen molar-refractivity contribution in [3.8, 4) is 0 Å². The van der Waals surface area contributed by atoms with Gasteiger partial charge in [0.1, 0.15) is 0 Å². The van der Waals surface area contributed by atoms with E-state index in [4.69, 9.17) is 13.9 Å². The lowest BCUT2D eigenvalue weighted by Gasteiger charge is -2.23. The highest BCUT2D eigenvalue weighted by atomic mass is 16.5. The number of unbranched alkanes of at least 4 members (excludes halogenated alkanes) is 30. The second-order valence-electron chi connectivity index (χ2n) is 30.1. The van der Waals surface area contributed by atoms with E-state index in [1.165, 1.54) is 263 Å². The van der Waals surface area contributed by atoms with E-state index in [0.29, 0.717) is 31.8 Å². The first-order valence-corrected chi connectivity index (χ1v) is 38.0. The summed E-state index contributed by atoms with van der Waals surface area (Å²) < 4.78 is 18.5. The van der Waals surface area contributed by atoms with Gasteiger partial charge in [0.25, 0.3) is 6.47 Å². The average molecular weight is 1280 g/mol. The Morgan fingerprint density at radius 1 is 0.432 bits per heavy atom. The van der Waals surface area contributed by atoms with E-state index in [2.05, 4.69) is 160 Å². The smallest absolute Gasteiger partial charge is 0.367 e. The third-order valence-corrected chi connectivity index (χ3v) is 21.4. The van der Waals surface area contributed by atoms with Crippen molar-refractivity contribution >= 4 is 94.5 Å². The Morgan fingerprint density at radius 3 is 1.31 bits per heavy atom. The van der Waals surface area contributed by atoms with Gasteiger partial charge >= 0.3 is 17.1 Å². The third kappa shape index (κ3) is 17.6. The van der Waals surface area contributed by atoms with Crippen LogP contribution in [0.15, 0.2) is 132 Å². The van der Waals surface area contributed by atoms with Gasteiger partial charge in [0.15, 0.2) is 0 Å². The van der Waals surface area contributed by atoms with Crippen molar-refractivity contribution in [2.45, 2.75) is 264 Å². The van der Waals surface area contributed by atoms with Crippen LogP contribution >= 0.6 is 0 Å². The first-order chi connectivity index (χ1) is 46.5. The average Bonchev–Trinajstić information content (AvgIpc) is 1.60. The normalized spacial score (nSPS) is 14.1. The molecule has 0 atom stereocenters. The largest absolute Gasteiger partial charge is 0.468 e. The van der Waals surface area contributed by atoms with Gasteiger partial charge in [0.05, 0.1) is 52.1 Å². The van der Waals surface area contributed by atoms with Crippen LogP contribution in [-0.4, -0.2) is 38.7 Å². The molecule has 0 bridgehead atoms. The number of carbonyl (C=O) groups is 2. The van der Waals surface area contributed by atoms with Crippen LogP contribution in [0, 0.1) is 0 Å². The minimum Gasteiger partial charge on any atom is -0.468 e. The summed E-state index contributed by atoms with van der Waals surface area (Å²) >= 11 is 0. The Balaban J connectivity index is 0.767. The summed E-state index contributed by atoms with van der Waals surface area (Å²) in [5, 5.41) is 12.2. The van der Waals surface area contributed by atoms with Crippen LogP contribution < -0.4 is 9.80 Å². The molecule has 2 aliphatic heterocycles. The molecule has 0 amide bonds. The highest BCUT2D eigenvalue weighted by Gasteiger charge is 2.47. The van der Waals surface area contributed by atoms with Gasteiger partial charge in [0.2, 0.25) is 0 Å². The van der Waals surface area contributed by atoms with Crippen LogP contribution in [-0.2, 0) is 38.1 Å². The molecule has 0 aliphatic carbocycles. The molecule has 0 radical (unpaired) electrons. The number of hydrogen-bond donors (Lipinski definition) is 0. The lowest BCUT2D eigenvalue weighted by atomic mass is 9.82. The zero-order chi connectivity index (χ0) is 65.8. The van der Waals surface area contributed by atoms with Crippen molar-refractivity contribution in [3.05, 3.63) is 155 Å². The third-order valence-electron chi connectivity index (χ3n) is 21.4. The SMILES string of the molecule is CCCCCCCCCCCCCCCCCCOC(=O)c1ccc(CN2CC(C)(C)c3c2c2cc4ccccc4cc2c2cc4c([o+]c32)c2c(c3cc5ccccc5cc34)N(c3ccc(CCCCCCCCCCCCCCCCCCOC=O)cc3)CC2(C)C)cc1. The van der Waals surface area contributed by atoms with E-state index in [-0.39, 0.29) is 16.8 Å². The van der Waals surface area contributed by atoms with E-state index in [1.54, 1.807) is 0 Å². The Morgan fingerprint density at radius 2 is 0.832 bits per heavy atom. The number of aryl methyl sites for hydroxylation is 1. The summed E-state index contributed by atoms with van der Waals surface area (Å²) in [7, 11) is 0. The first kappa shape index (κ1) is 69.4. The van der Waals surface area contributed by atoms with Crippen molar-refractivity contribution in [2.75, 3.05) is 36.1 Å². The van der Waals surface area contributed by atoms with Gasteiger partial charge in [-0.2, -0.15) is 0 Å². The van der Waals surface area contributed by atoms with Gasteiger partial charge in [-0.1, -0.05) is 294 Å². The molecule has 1 aromatic heterocycles. The fourth-order valence-corrected chi connectivity index (χ4v) is 16.2. The first-order valence-electron chi connectivity index (χ1n) is 38.0. The highest BCUT2D eigenvalue weighted by Crippen LogP contribution is 2.56. The van der Waals surface area contributed by atoms with E-state index in [9.17, 15) is 9.59 Å². The molecule has 0 fully saturated rings. The van der Waals surface area contributed by atoms with Gasteiger partial charge in [-0.15, -0.1) is 0 Å². The minimum atomic E-state index is -0.251. The van der Waals surface area contributed by atoms with E-state index >= 15 is 0 Å². The number of nitrogens with zero attached hydrogens (tertiary/aromatic N) is 2. The Labute approximate surface area is 570 Å². The maximum Gasteiger partial charge on any atom is 0.367 e. The summed E-state index contributed by atoms with van der Waals surface area (Å²) in [6.07, 6.45) is 43.2. The molecule has 0 unspecified atom stereocenters. The quantitative estimate of drug-likeness (QED) is 0.00944. The lowest BCUT2D eigenvalue weighted by molar-refractivity contribution is -0.128. The number of rotatable bonds is 41. The molecule has 7 nitrogen and oxygen atoms in total. The molecule has 7 heteroatoms. The molecule has 95 heavy (non-hydrogen) atoms. The topological polar surface area (TPSA) is 70.4 Å². The summed E-state index contributed by atoms with van der Waals surface area (Å²) in [5.74, 6) is -0.230. The number of anilines is 3. The maximum absolute atomic E-state index is 13.4. The predicted molar refractivity (Wildman–Crippen MR) is 405 cm³/mol. The van der Waals surface area contributed by atoms with E-state index in [1.807, 2.05) is 12.1 Å². The molecule has 0 spiro atoms. The second-order valence-corrected chi connectivity index (χ2v) is 30.1. The number of hydrogen-bond acceptors (Lipinski definition) is 6. The standard InChI is InChI=1S/C88H113N2O5/c1-6-7-8-9-10-11-12-13-14-19-22-25-28-31-34-41-56-94-86(92)68-51-47-67(48-52-68)62-89-63-87(2,3)80-82(89)76-59-71-45-38-36-43-69(71)57-74(76)78-61-79-75-58-70-44-37-39-46-72(70)60-77(75)83-81(85(79)95-84(78)80)88(4,5)64-90(83)73-53-49-66(50-54-73)42-35-32-29-26-23-20-17-15-16-18-21-24-27-30-33-40-55-93-65-91/h36-39,43-54,57-61,65H,6-35,40-42,55-56,62-64H2,1-5H3/q+1. The van der Waals surface area contributed by atoms with Gasteiger partial charge < -0.3 is 19.3 Å². The summed E-state index contributed by atoms with van der Waals surface area (Å²) in [6.45, 7) is 15.9. The van der Waals surface area contributed by atoms with Crippen molar-refractivity contribution in [2.24, 2.45) is 0 Å². The molecule has 504 valence electrons. The van der Waals surface area contributed by atoms with Gasteiger partial charge in [-0.3, -0.25) is 4.79 Å². The van der Waals surface area contributed by atoms with Crippen LogP contribution in [0.25, 0.3) is 65.0 Å². The molecular weight excluding hydrogens is 1160 g/mol. The number of fused-ring (bicyclic) bond motifs is 14. The highest BCUT2D eigenvalue weighted by molar-refractivity contribution is 6.24. The summed E-state index contributed by atoms with van der Waals surface area (Å²) in [4.78, 5) is 28.9. The molecule has 0 saturated carbocycles. The number of benzene rings is 8. The molecule has 2 aliphatic rings. The zero-order valence-electron chi connectivity index (χ0n) is 59.0. The number of ether oxygens (including phenoxy) is 2. The van der Waals surface area contributed by atoms with Crippen molar-refractivity contribution in [3.63, 3.8) is 0 Å². The van der Waals surface area contributed by atoms with Crippen molar-refractivity contribution in [1.29, 1.82) is 0 Å². The van der Waals surface area contributed by atoms with Crippen molar-refractivity contribution < 1.29 is 23.5 Å². The predicted octanol–water partition coefficient (Wildman–Crippen LogP) is 25.6. The second kappa shape index (κ2) is 34.3. The van der Waals surface area contributed by atoms with E-state index < -0.39 is 0 Å². The maximum atomic E-state index is 13.4. The van der Waals surface area contributed by atoms with Crippen LogP contribution in [0.2, 0.25) is 0 Å². The van der Waals surface area contributed by atoms with Crippen LogP contribution in [0.3, 0.4) is 0 Å². The molecule has 0 N–H and O–H groups in total. The van der Waals surface area contributed by atoms with Gasteiger partial charge in [-0.05, 0) is 113 Å². The monoisotopic (exact) mass is 1280 g/mol. The summed E-state index contributed by atoms with van der Waals surface area (Å²) in [5.41, 5.74) is 11.0. The Kier molecular flexibility index (Phi) is 25.0. The summed E-state index contributed by atoms with van der Waals surface area (Å²) in [6, 6.07) is 47.6. The molecule has 11 rings (SSSR count). The van der Waals surface area contributed by atoms with Crippen molar-refractivity contribution in [1.82, 2.24) is 0 Å². The molecule has 9 aromatic rings. The Hall–Kier alpha value is -6.99. The fraction of sp³-hybridized carbons (Fsp3) is 0.511. The molecule has 8 aromatic carbocycles. The van der Waals surface area contributed by atoms with Crippen LogP contribution in [0.1, 0.15) is 273 Å². The molecule has 3 heterocycles. The molecule has 0 saturated heterocycles. The number of carbonyl (C=O) groups excluding carboxylic acids is 2. The minimum absolute atomic E-state index is 0.230. The van der Waals surface area contributed by atoms with E-state index in [0.717, 1.165) is 66.3 Å². The zero-order valence-corrected chi connectivity index (χ0v) is 59.0.